The molecule has 1 heterocycles. The first kappa shape index (κ1) is 20.6. The monoisotopic (exact) mass is 430 g/mol. The molecule has 0 unspecified atom stereocenters. The molecule has 7 heteroatoms. The van der Waals surface area contributed by atoms with Gasteiger partial charge in [-0.25, -0.2) is 9.78 Å². The summed E-state index contributed by atoms with van der Waals surface area (Å²) < 4.78 is 6.26. The molecule has 0 saturated heterocycles. The van der Waals surface area contributed by atoms with E-state index >= 15 is 0 Å². The highest BCUT2D eigenvalue weighted by Gasteiger charge is 2.17. The number of rotatable bonds is 6. The van der Waals surface area contributed by atoms with Gasteiger partial charge in [0.2, 0.25) is 0 Å². The van der Waals surface area contributed by atoms with Crippen LogP contribution in [0.15, 0.2) is 88.8 Å². The number of benzene rings is 3. The molecule has 0 spiro atoms. The predicted molar refractivity (Wildman–Crippen MR) is 120 cm³/mol. The number of ketones is 1. The third-order valence-corrected chi connectivity index (χ3v) is 5.64. The summed E-state index contributed by atoms with van der Waals surface area (Å²) in [6, 6.07) is 22.7. The van der Waals surface area contributed by atoms with E-state index in [1.54, 1.807) is 48.5 Å². The summed E-state index contributed by atoms with van der Waals surface area (Å²) in [4.78, 5) is 42.4. The fourth-order valence-corrected chi connectivity index (χ4v) is 4.06. The number of fused-ring (bicyclic) bond motifs is 1. The van der Waals surface area contributed by atoms with Crippen molar-refractivity contribution in [3.05, 3.63) is 100 Å². The van der Waals surface area contributed by atoms with Gasteiger partial charge in [-0.3, -0.25) is 14.2 Å². The van der Waals surface area contributed by atoms with Gasteiger partial charge in [-0.2, -0.15) is 0 Å². The van der Waals surface area contributed by atoms with Crippen LogP contribution in [0.3, 0.4) is 0 Å². The minimum Gasteiger partial charge on any atom is -0.465 e. The molecule has 0 amide bonds. The Kier molecular flexibility index (Phi) is 5.95. The van der Waals surface area contributed by atoms with Gasteiger partial charge in [0.25, 0.3) is 5.56 Å². The molecule has 1 aromatic heterocycles. The van der Waals surface area contributed by atoms with Crippen LogP contribution in [0.4, 0.5) is 0 Å². The molecule has 0 fully saturated rings. The van der Waals surface area contributed by atoms with Crippen LogP contribution in [0.2, 0.25) is 0 Å². The Hall–Kier alpha value is -3.71. The Morgan fingerprint density at radius 2 is 1.61 bits per heavy atom. The summed E-state index contributed by atoms with van der Waals surface area (Å²) in [6.45, 7) is 0. The summed E-state index contributed by atoms with van der Waals surface area (Å²) >= 11 is 1.18. The lowest BCUT2D eigenvalue weighted by atomic mass is 10.1. The van der Waals surface area contributed by atoms with E-state index in [2.05, 4.69) is 4.98 Å². The van der Waals surface area contributed by atoms with Crippen molar-refractivity contribution >= 4 is 34.4 Å². The summed E-state index contributed by atoms with van der Waals surface area (Å²) in [5.41, 5.74) is 1.64. The summed E-state index contributed by atoms with van der Waals surface area (Å²) in [7, 11) is 1.30. The Balaban J connectivity index is 1.81. The van der Waals surface area contributed by atoms with E-state index in [1.165, 1.54) is 29.5 Å². The van der Waals surface area contributed by atoms with E-state index in [9.17, 15) is 14.4 Å². The quantitative estimate of drug-likeness (QED) is 0.198. The maximum absolute atomic E-state index is 13.3. The number of carbonyl (C=O) groups is 2. The second kappa shape index (κ2) is 8.97. The second-order valence-electron chi connectivity index (χ2n) is 6.67. The summed E-state index contributed by atoms with van der Waals surface area (Å²) in [5, 5.41) is 0.741. The third kappa shape index (κ3) is 4.27. The van der Waals surface area contributed by atoms with Crippen LogP contribution >= 0.6 is 11.8 Å². The first-order valence-electron chi connectivity index (χ1n) is 9.50. The highest BCUT2D eigenvalue weighted by atomic mass is 32.2. The van der Waals surface area contributed by atoms with E-state index in [4.69, 9.17) is 4.74 Å². The van der Waals surface area contributed by atoms with Crippen molar-refractivity contribution in [3.8, 4) is 5.69 Å². The number of esters is 1. The Labute approximate surface area is 182 Å². The third-order valence-electron chi connectivity index (χ3n) is 4.70. The fourth-order valence-electron chi connectivity index (χ4n) is 3.15. The summed E-state index contributed by atoms with van der Waals surface area (Å²) in [6.07, 6.45) is 0. The molecule has 0 bridgehead atoms. The zero-order valence-corrected chi connectivity index (χ0v) is 17.5. The van der Waals surface area contributed by atoms with Gasteiger partial charge in [-0.1, -0.05) is 60.3 Å². The van der Waals surface area contributed by atoms with Gasteiger partial charge in [-0.05, 0) is 30.3 Å². The molecule has 0 aliphatic rings. The Morgan fingerprint density at radius 3 is 2.29 bits per heavy atom. The minimum atomic E-state index is -0.510. The predicted octanol–water partition coefficient (Wildman–Crippen LogP) is 4.15. The molecule has 0 saturated carbocycles. The van der Waals surface area contributed by atoms with Gasteiger partial charge in [-0.15, -0.1) is 0 Å². The molecule has 154 valence electrons. The van der Waals surface area contributed by atoms with Crippen LogP contribution in [0.25, 0.3) is 16.6 Å². The van der Waals surface area contributed by atoms with E-state index in [1.807, 2.05) is 24.3 Å². The van der Waals surface area contributed by atoms with Gasteiger partial charge >= 0.3 is 5.97 Å². The maximum atomic E-state index is 13.3. The lowest BCUT2D eigenvalue weighted by molar-refractivity contribution is 0.0600. The number of Topliss-reactive ketones (excluding diaryl/α,β-unsaturated/α-hetero) is 1. The van der Waals surface area contributed by atoms with Gasteiger partial charge in [0.15, 0.2) is 10.9 Å². The average Bonchev–Trinajstić information content (AvgIpc) is 2.82. The van der Waals surface area contributed by atoms with Crippen molar-refractivity contribution in [3.63, 3.8) is 0 Å². The number of carbonyl (C=O) groups excluding carboxylic acids is 2. The number of methoxy groups -OCH3 is 1. The van der Waals surface area contributed by atoms with Crippen LogP contribution in [0.1, 0.15) is 20.7 Å². The molecule has 0 aliphatic carbocycles. The molecular formula is C24H18N2O4S. The average molecular weight is 430 g/mol. The van der Waals surface area contributed by atoms with Crippen LogP contribution < -0.4 is 5.56 Å². The topological polar surface area (TPSA) is 78.3 Å². The van der Waals surface area contributed by atoms with E-state index in [-0.39, 0.29) is 17.1 Å². The minimum absolute atomic E-state index is 0.0668. The van der Waals surface area contributed by atoms with Crippen molar-refractivity contribution in [2.24, 2.45) is 0 Å². The van der Waals surface area contributed by atoms with E-state index in [0.29, 0.717) is 32.9 Å². The first-order chi connectivity index (χ1) is 15.1. The lowest BCUT2D eigenvalue weighted by Gasteiger charge is -2.13. The van der Waals surface area contributed by atoms with Crippen molar-refractivity contribution < 1.29 is 14.3 Å². The Morgan fingerprint density at radius 1 is 0.935 bits per heavy atom. The molecule has 4 aromatic rings. The molecule has 0 radical (unpaired) electrons. The number of para-hydroxylation sites is 1. The van der Waals surface area contributed by atoms with Gasteiger partial charge < -0.3 is 4.74 Å². The van der Waals surface area contributed by atoms with Crippen molar-refractivity contribution in [1.29, 1.82) is 0 Å². The van der Waals surface area contributed by atoms with E-state index in [0.717, 1.165) is 0 Å². The first-order valence-corrected chi connectivity index (χ1v) is 10.5. The lowest BCUT2D eigenvalue weighted by Crippen LogP contribution is -2.22. The number of hydrogen-bond donors (Lipinski definition) is 0. The number of nitrogens with zero attached hydrogens (tertiary/aromatic N) is 2. The van der Waals surface area contributed by atoms with Gasteiger partial charge in [0.1, 0.15) is 0 Å². The van der Waals surface area contributed by atoms with Gasteiger partial charge in [0, 0.05) is 5.56 Å². The van der Waals surface area contributed by atoms with Crippen molar-refractivity contribution in [2.45, 2.75) is 5.16 Å². The Bertz CT molecular complexity index is 1320. The summed E-state index contributed by atoms with van der Waals surface area (Å²) in [5.74, 6) is -0.460. The molecule has 0 atom stereocenters. The van der Waals surface area contributed by atoms with Crippen molar-refractivity contribution in [1.82, 2.24) is 9.55 Å². The zero-order chi connectivity index (χ0) is 21.8. The van der Waals surface area contributed by atoms with Gasteiger partial charge in [0.05, 0.1) is 35.0 Å². The van der Waals surface area contributed by atoms with Crippen molar-refractivity contribution in [2.75, 3.05) is 12.9 Å². The maximum Gasteiger partial charge on any atom is 0.337 e. The van der Waals surface area contributed by atoms with Crippen LogP contribution in [0.5, 0.6) is 0 Å². The molecule has 0 N–H and O–H groups in total. The standard InChI is InChI=1S/C24H18N2O4S/c1-30-23(29)17-12-13-19-20(14-17)25-24(26(22(19)28)18-10-6-3-7-11-18)31-15-21(27)16-8-4-2-5-9-16/h2-14H,15H2,1H3. The molecule has 4 rings (SSSR count). The smallest absolute Gasteiger partial charge is 0.337 e. The molecular weight excluding hydrogens is 412 g/mol. The number of ether oxygens (including phenoxy) is 1. The van der Waals surface area contributed by atoms with Crippen LogP contribution in [-0.2, 0) is 4.74 Å². The second-order valence-corrected chi connectivity index (χ2v) is 7.61. The molecule has 6 nitrogen and oxygen atoms in total. The van der Waals surface area contributed by atoms with Crippen LogP contribution in [0, 0.1) is 0 Å². The fraction of sp³-hybridized carbons (Fsp3) is 0.0833. The largest absolute Gasteiger partial charge is 0.465 e. The number of aromatic nitrogens is 2. The highest BCUT2D eigenvalue weighted by molar-refractivity contribution is 7.99. The number of hydrogen-bond acceptors (Lipinski definition) is 6. The molecule has 31 heavy (non-hydrogen) atoms. The molecule has 0 aliphatic heterocycles. The SMILES string of the molecule is COC(=O)c1ccc2c(=O)n(-c3ccccc3)c(SCC(=O)c3ccccc3)nc2c1. The number of thioether (sulfide) groups is 1. The van der Waals surface area contributed by atoms with Crippen LogP contribution in [-0.4, -0.2) is 34.2 Å². The zero-order valence-electron chi connectivity index (χ0n) is 16.6. The normalized spacial score (nSPS) is 10.7. The highest BCUT2D eigenvalue weighted by Crippen LogP contribution is 2.23. The molecule has 3 aromatic carbocycles. The van der Waals surface area contributed by atoms with E-state index < -0.39 is 5.97 Å².